The van der Waals surface area contributed by atoms with Crippen LogP contribution < -0.4 is 4.74 Å². The van der Waals surface area contributed by atoms with Crippen molar-refractivity contribution in [3.05, 3.63) is 64.5 Å². The lowest BCUT2D eigenvalue weighted by Crippen LogP contribution is -2.37. The van der Waals surface area contributed by atoms with E-state index in [1.165, 1.54) is 0 Å². The molecular formula is C26H30N2O4. The van der Waals surface area contributed by atoms with E-state index in [0.29, 0.717) is 5.56 Å². The van der Waals surface area contributed by atoms with Gasteiger partial charge in [-0.3, -0.25) is 14.6 Å². The van der Waals surface area contributed by atoms with Crippen molar-refractivity contribution < 1.29 is 19.4 Å². The molecule has 1 unspecified atom stereocenters. The molecule has 4 rings (SSSR count). The van der Waals surface area contributed by atoms with Gasteiger partial charge >= 0.3 is 0 Å². The molecule has 0 bridgehead atoms. The van der Waals surface area contributed by atoms with Gasteiger partial charge in [-0.15, -0.1) is 0 Å². The molecule has 168 valence electrons. The van der Waals surface area contributed by atoms with Crippen LogP contribution in [0.2, 0.25) is 0 Å². The highest BCUT2D eigenvalue weighted by atomic mass is 16.5. The molecule has 2 aromatic rings. The zero-order chi connectivity index (χ0) is 23.0. The first kappa shape index (κ1) is 22.1. The zero-order valence-electron chi connectivity index (χ0n) is 19.1. The van der Waals surface area contributed by atoms with Gasteiger partial charge in [-0.25, -0.2) is 0 Å². The molecule has 6 nitrogen and oxygen atoms in total. The fourth-order valence-electron chi connectivity index (χ4n) is 5.01. The number of likely N-dealkylation sites (tertiary alicyclic amines) is 1. The average molecular weight is 435 g/mol. The second kappa shape index (κ2) is 8.77. The number of Topliss-reactive ketones (excluding diaryl/α,β-unsaturated/α-hetero) is 1. The Morgan fingerprint density at radius 3 is 2.41 bits per heavy atom. The summed E-state index contributed by atoms with van der Waals surface area (Å²) in [7, 11) is 1.62. The van der Waals surface area contributed by atoms with E-state index in [0.717, 1.165) is 48.1 Å². The topological polar surface area (TPSA) is 79.7 Å². The van der Waals surface area contributed by atoms with E-state index in [-0.39, 0.29) is 23.3 Å². The number of carbonyl (C=O) groups excluding carboxylic acids is 2. The molecule has 1 aromatic heterocycles. The molecule has 1 aromatic carbocycles. The van der Waals surface area contributed by atoms with Crippen molar-refractivity contribution in [3.63, 3.8) is 0 Å². The van der Waals surface area contributed by atoms with Gasteiger partial charge in [0.05, 0.1) is 18.7 Å². The van der Waals surface area contributed by atoms with E-state index in [1.54, 1.807) is 24.4 Å². The van der Waals surface area contributed by atoms with Gasteiger partial charge < -0.3 is 14.7 Å². The lowest BCUT2D eigenvalue weighted by molar-refractivity contribution is -0.141. The Morgan fingerprint density at radius 1 is 1.16 bits per heavy atom. The summed E-state index contributed by atoms with van der Waals surface area (Å²) in [5, 5.41) is 11.5. The highest BCUT2D eigenvalue weighted by Crippen LogP contribution is 2.44. The SMILES string of the molecule is COc1cc(C)c(/C(O)=C2\C(=O)C(=O)N(C3CCCC3)C2c2ccncc2)cc1C(C)C. The predicted octanol–water partition coefficient (Wildman–Crippen LogP) is 4.89. The normalized spacial score (nSPS) is 21.0. The Kier molecular flexibility index (Phi) is 6.04. The number of ketones is 1. The number of aromatic nitrogens is 1. The summed E-state index contributed by atoms with van der Waals surface area (Å²) in [6, 6.07) is 6.75. The number of aryl methyl sites for hydroxylation is 1. The van der Waals surface area contributed by atoms with Crippen LogP contribution in [0.5, 0.6) is 5.75 Å². The van der Waals surface area contributed by atoms with Gasteiger partial charge in [0.25, 0.3) is 11.7 Å². The van der Waals surface area contributed by atoms with Crippen LogP contribution in [-0.4, -0.2) is 39.8 Å². The smallest absolute Gasteiger partial charge is 0.295 e. The van der Waals surface area contributed by atoms with Crippen LogP contribution >= 0.6 is 0 Å². The third-order valence-corrected chi connectivity index (χ3v) is 6.67. The molecule has 1 amide bonds. The fraction of sp³-hybridized carbons (Fsp3) is 0.423. The minimum absolute atomic E-state index is 0.00175. The van der Waals surface area contributed by atoms with Crippen molar-refractivity contribution in [1.82, 2.24) is 9.88 Å². The first-order valence-corrected chi connectivity index (χ1v) is 11.2. The third-order valence-electron chi connectivity index (χ3n) is 6.67. The van der Waals surface area contributed by atoms with Crippen LogP contribution in [0, 0.1) is 6.92 Å². The minimum Gasteiger partial charge on any atom is -0.507 e. The maximum atomic E-state index is 13.3. The van der Waals surface area contributed by atoms with E-state index >= 15 is 0 Å². The van der Waals surface area contributed by atoms with Gasteiger partial charge in [0, 0.05) is 24.0 Å². The van der Waals surface area contributed by atoms with Crippen molar-refractivity contribution in [2.75, 3.05) is 7.11 Å². The summed E-state index contributed by atoms with van der Waals surface area (Å²) < 4.78 is 5.53. The second-order valence-corrected chi connectivity index (χ2v) is 8.99. The first-order valence-electron chi connectivity index (χ1n) is 11.2. The molecule has 2 heterocycles. The number of hydrogen-bond donors (Lipinski definition) is 1. The molecule has 1 atom stereocenters. The van der Waals surface area contributed by atoms with E-state index < -0.39 is 17.7 Å². The number of pyridine rings is 1. The Morgan fingerprint density at radius 2 is 1.81 bits per heavy atom. The van der Waals surface area contributed by atoms with Gasteiger partial charge in [0.1, 0.15) is 11.5 Å². The van der Waals surface area contributed by atoms with Gasteiger partial charge in [-0.2, -0.15) is 0 Å². The Labute approximate surface area is 188 Å². The number of amides is 1. The summed E-state index contributed by atoms with van der Waals surface area (Å²) in [6.07, 6.45) is 7.11. The number of rotatable bonds is 5. The van der Waals surface area contributed by atoms with Gasteiger partial charge in [0.2, 0.25) is 0 Å². The average Bonchev–Trinajstić information content (AvgIpc) is 3.40. The minimum atomic E-state index is -0.627. The molecule has 1 N–H and O–H groups in total. The number of aliphatic hydroxyl groups is 1. The molecule has 2 fully saturated rings. The van der Waals surface area contributed by atoms with Crippen molar-refractivity contribution in [2.24, 2.45) is 0 Å². The lowest BCUT2D eigenvalue weighted by atomic mass is 9.91. The Hall–Kier alpha value is -3.15. The second-order valence-electron chi connectivity index (χ2n) is 8.99. The van der Waals surface area contributed by atoms with Crippen molar-refractivity contribution >= 4 is 17.4 Å². The number of methoxy groups -OCH3 is 1. The van der Waals surface area contributed by atoms with Crippen molar-refractivity contribution in [3.8, 4) is 5.75 Å². The summed E-state index contributed by atoms with van der Waals surface area (Å²) in [4.78, 5) is 32.2. The van der Waals surface area contributed by atoms with Crippen molar-refractivity contribution in [2.45, 2.75) is 64.5 Å². The largest absolute Gasteiger partial charge is 0.507 e. The fourth-order valence-corrected chi connectivity index (χ4v) is 5.01. The molecule has 0 spiro atoms. The summed E-state index contributed by atoms with van der Waals surface area (Å²) in [6.45, 7) is 5.97. The Balaban J connectivity index is 1.92. The quantitative estimate of drug-likeness (QED) is 0.412. The summed E-state index contributed by atoms with van der Waals surface area (Å²) in [5.41, 5.74) is 3.20. The van der Waals surface area contributed by atoms with Gasteiger partial charge in [-0.05, 0) is 66.6 Å². The third kappa shape index (κ3) is 3.68. The van der Waals surface area contributed by atoms with Gasteiger partial charge in [-0.1, -0.05) is 26.7 Å². The number of hydrogen-bond acceptors (Lipinski definition) is 5. The maximum Gasteiger partial charge on any atom is 0.295 e. The molecule has 1 saturated heterocycles. The molecular weight excluding hydrogens is 404 g/mol. The van der Waals surface area contributed by atoms with E-state index in [1.807, 2.05) is 45.0 Å². The van der Waals surface area contributed by atoms with Crippen LogP contribution in [0.1, 0.15) is 73.7 Å². The maximum absolute atomic E-state index is 13.3. The summed E-state index contributed by atoms with van der Waals surface area (Å²) >= 11 is 0. The molecule has 2 aliphatic rings. The van der Waals surface area contributed by atoms with E-state index in [2.05, 4.69) is 4.98 Å². The lowest BCUT2D eigenvalue weighted by Gasteiger charge is -2.30. The monoisotopic (exact) mass is 434 g/mol. The van der Waals surface area contributed by atoms with Crippen LogP contribution in [0.4, 0.5) is 0 Å². The molecule has 32 heavy (non-hydrogen) atoms. The number of benzene rings is 1. The number of carbonyl (C=O) groups is 2. The molecule has 1 aliphatic heterocycles. The van der Waals surface area contributed by atoms with Crippen LogP contribution in [-0.2, 0) is 9.59 Å². The van der Waals surface area contributed by atoms with Gasteiger partial charge in [0.15, 0.2) is 0 Å². The number of aliphatic hydroxyl groups excluding tert-OH is 1. The molecule has 1 aliphatic carbocycles. The van der Waals surface area contributed by atoms with E-state index in [9.17, 15) is 14.7 Å². The van der Waals surface area contributed by atoms with Crippen LogP contribution in [0.15, 0.2) is 42.2 Å². The predicted molar refractivity (Wildman–Crippen MR) is 122 cm³/mol. The van der Waals surface area contributed by atoms with Crippen LogP contribution in [0.25, 0.3) is 5.76 Å². The molecule has 0 radical (unpaired) electrons. The standard InChI is InChI=1S/C26H30N2O4/c1-15(2)19-14-20(16(3)13-21(19)32-4)24(29)22-23(17-9-11-27-12-10-17)28(26(31)25(22)30)18-7-5-6-8-18/h9-15,18,23,29H,5-8H2,1-4H3/b24-22+. The molecule has 6 heteroatoms. The Bertz CT molecular complexity index is 1070. The van der Waals surface area contributed by atoms with E-state index in [4.69, 9.17) is 4.74 Å². The first-order chi connectivity index (χ1) is 15.3. The zero-order valence-corrected chi connectivity index (χ0v) is 19.1. The highest BCUT2D eigenvalue weighted by Gasteiger charge is 2.49. The number of nitrogens with zero attached hydrogens (tertiary/aromatic N) is 2. The van der Waals surface area contributed by atoms with Crippen molar-refractivity contribution in [1.29, 1.82) is 0 Å². The summed E-state index contributed by atoms with van der Waals surface area (Å²) in [5.74, 6) is -0.388. The highest BCUT2D eigenvalue weighted by molar-refractivity contribution is 6.46. The molecule has 1 saturated carbocycles. The number of ether oxygens (including phenoxy) is 1. The van der Waals surface area contributed by atoms with Crippen LogP contribution in [0.3, 0.4) is 0 Å².